The van der Waals surface area contributed by atoms with Crippen molar-refractivity contribution in [3.63, 3.8) is 0 Å². The van der Waals surface area contributed by atoms with E-state index in [4.69, 9.17) is 9.94 Å². The third-order valence-corrected chi connectivity index (χ3v) is 4.89. The van der Waals surface area contributed by atoms with E-state index in [1.807, 2.05) is 18.2 Å². The Morgan fingerprint density at radius 1 is 1.27 bits per heavy atom. The minimum Gasteiger partial charge on any atom is -0.481 e. The summed E-state index contributed by atoms with van der Waals surface area (Å²) in [5.41, 5.74) is 3.38. The Morgan fingerprint density at radius 3 is 2.85 bits per heavy atom. The van der Waals surface area contributed by atoms with Crippen LogP contribution in [0.2, 0.25) is 0 Å². The van der Waals surface area contributed by atoms with Gasteiger partial charge in [-0.3, -0.25) is 9.69 Å². The molecule has 1 aliphatic carbocycles. The molecule has 26 heavy (non-hydrogen) atoms. The highest BCUT2D eigenvalue weighted by molar-refractivity contribution is 6.24. The van der Waals surface area contributed by atoms with Crippen molar-refractivity contribution in [2.75, 3.05) is 26.2 Å². The Hall–Kier alpha value is -1.85. The van der Waals surface area contributed by atoms with E-state index in [0.717, 1.165) is 50.9 Å². The molecule has 5 nitrogen and oxygen atoms in total. The molecule has 1 fully saturated rings. The van der Waals surface area contributed by atoms with Gasteiger partial charge in [0.25, 0.3) is 0 Å². The zero-order valence-corrected chi connectivity index (χ0v) is 15.8. The molecule has 142 valence electrons. The first-order chi connectivity index (χ1) is 12.2. The molecular weight excluding hydrogens is 352 g/mol. The predicted octanol–water partition coefficient (Wildman–Crippen LogP) is 3.84. The van der Waals surface area contributed by atoms with Crippen LogP contribution in [-0.2, 0) is 9.63 Å². The molecule has 0 saturated carbocycles. The maximum absolute atomic E-state index is 11.1. The largest absolute Gasteiger partial charge is 0.481 e. The predicted molar refractivity (Wildman–Crippen MR) is 106 cm³/mol. The highest BCUT2D eigenvalue weighted by atomic mass is 35.5. The van der Waals surface area contributed by atoms with Gasteiger partial charge in [-0.1, -0.05) is 41.6 Å². The lowest BCUT2D eigenvalue weighted by Crippen LogP contribution is -2.40. The van der Waals surface area contributed by atoms with Crippen LogP contribution in [0.5, 0.6) is 0 Å². The number of hydrogen-bond donors (Lipinski definition) is 1. The first-order valence-corrected chi connectivity index (χ1v) is 9.14. The zero-order valence-electron chi connectivity index (χ0n) is 15.0. The first kappa shape index (κ1) is 20.5. The monoisotopic (exact) mass is 378 g/mol. The zero-order chi connectivity index (χ0) is 17.5. The maximum Gasteiger partial charge on any atom is 0.307 e. The molecule has 1 aliphatic heterocycles. The van der Waals surface area contributed by atoms with Crippen LogP contribution in [0, 0.1) is 5.92 Å². The highest BCUT2D eigenvalue weighted by Crippen LogP contribution is 2.25. The fourth-order valence-corrected chi connectivity index (χ4v) is 3.52. The lowest BCUT2D eigenvalue weighted by atomic mass is 9.92. The van der Waals surface area contributed by atoms with E-state index in [0.29, 0.717) is 13.2 Å². The molecule has 0 amide bonds. The molecule has 3 rings (SSSR count). The Labute approximate surface area is 161 Å². The van der Waals surface area contributed by atoms with Crippen molar-refractivity contribution in [1.29, 1.82) is 0 Å². The minimum atomic E-state index is -0.689. The number of piperidine rings is 1. The van der Waals surface area contributed by atoms with Gasteiger partial charge in [-0.15, -0.1) is 12.4 Å². The Balaban J connectivity index is 0.00000243. The summed E-state index contributed by atoms with van der Waals surface area (Å²) in [6.07, 6.45) is 7.07. The molecule has 1 atom stereocenters. The van der Waals surface area contributed by atoms with Gasteiger partial charge in [-0.2, -0.15) is 0 Å². The summed E-state index contributed by atoms with van der Waals surface area (Å²) in [6, 6.07) is 10.3. The first-order valence-electron chi connectivity index (χ1n) is 9.14. The fraction of sp³-hybridized carbons (Fsp3) is 0.500. The molecule has 6 heteroatoms. The smallest absolute Gasteiger partial charge is 0.307 e. The Morgan fingerprint density at radius 2 is 2.08 bits per heavy atom. The summed E-state index contributed by atoms with van der Waals surface area (Å²) in [5.74, 6) is -0.934. The van der Waals surface area contributed by atoms with Crippen molar-refractivity contribution in [2.24, 2.45) is 11.1 Å². The van der Waals surface area contributed by atoms with Crippen LogP contribution in [0.1, 0.15) is 37.7 Å². The number of allylic oxidation sites excluding steroid dienone is 2. The van der Waals surface area contributed by atoms with Crippen molar-refractivity contribution in [2.45, 2.75) is 32.1 Å². The quantitative estimate of drug-likeness (QED) is 0.603. The number of benzene rings is 1. The average molecular weight is 379 g/mol. The third kappa shape index (κ3) is 5.58. The van der Waals surface area contributed by atoms with Crippen LogP contribution in [0.15, 0.2) is 41.6 Å². The number of oxime groups is 1. The second kappa shape index (κ2) is 10.3. The second-order valence-corrected chi connectivity index (χ2v) is 6.73. The number of carbonyl (C=O) groups is 1. The molecule has 0 bridgehead atoms. The highest BCUT2D eigenvalue weighted by Gasteiger charge is 2.25. The number of likely N-dealkylation sites (tertiary alicyclic amines) is 1. The summed E-state index contributed by atoms with van der Waals surface area (Å²) >= 11 is 0. The van der Waals surface area contributed by atoms with Crippen molar-refractivity contribution >= 4 is 29.7 Å². The van der Waals surface area contributed by atoms with E-state index >= 15 is 0 Å². The number of carboxylic acids is 1. The van der Waals surface area contributed by atoms with Gasteiger partial charge in [-0.25, -0.2) is 0 Å². The van der Waals surface area contributed by atoms with Crippen LogP contribution >= 0.6 is 12.4 Å². The lowest BCUT2D eigenvalue weighted by molar-refractivity contribution is -0.143. The molecule has 0 spiro atoms. The molecule has 1 N–H and O–H groups in total. The molecule has 1 aromatic carbocycles. The van der Waals surface area contributed by atoms with Crippen molar-refractivity contribution in [1.82, 2.24) is 4.90 Å². The molecule has 2 aliphatic rings. The van der Waals surface area contributed by atoms with E-state index in [1.165, 1.54) is 11.1 Å². The van der Waals surface area contributed by atoms with Gasteiger partial charge in [0.1, 0.15) is 6.61 Å². The summed E-state index contributed by atoms with van der Waals surface area (Å²) in [6.45, 7) is 2.78. The minimum absolute atomic E-state index is 0. The number of rotatable bonds is 6. The average Bonchev–Trinajstić information content (AvgIpc) is 2.66. The summed E-state index contributed by atoms with van der Waals surface area (Å²) < 4.78 is 0. The third-order valence-electron chi connectivity index (χ3n) is 4.89. The Bertz CT molecular complexity index is 646. The maximum atomic E-state index is 11.1. The van der Waals surface area contributed by atoms with E-state index in [-0.39, 0.29) is 18.3 Å². The summed E-state index contributed by atoms with van der Waals surface area (Å²) in [7, 11) is 0. The second-order valence-electron chi connectivity index (χ2n) is 6.73. The van der Waals surface area contributed by atoms with Crippen molar-refractivity contribution in [3.05, 3.63) is 42.0 Å². The normalized spacial score (nSPS) is 22.4. The van der Waals surface area contributed by atoms with Gasteiger partial charge in [0, 0.05) is 18.7 Å². The van der Waals surface area contributed by atoms with Crippen molar-refractivity contribution < 1.29 is 14.7 Å². The van der Waals surface area contributed by atoms with E-state index in [1.54, 1.807) is 0 Å². The van der Waals surface area contributed by atoms with Crippen LogP contribution in [-0.4, -0.2) is 47.9 Å². The summed E-state index contributed by atoms with van der Waals surface area (Å²) in [5, 5.41) is 13.5. The van der Waals surface area contributed by atoms with Crippen molar-refractivity contribution in [3.8, 4) is 0 Å². The number of carboxylic acid groups (broad SMARTS) is 1. The van der Waals surface area contributed by atoms with Crippen LogP contribution < -0.4 is 0 Å². The molecule has 0 radical (unpaired) electrons. The number of hydrogen-bond acceptors (Lipinski definition) is 4. The standard InChI is InChI=1S/C20H26N2O3.ClH/c23-20(24)17-9-6-12-22(15-17)13-14-25-21-19-11-5-4-10-18(19)16-7-2-1-3-8-16;/h1-3,7-8,10,17H,4-6,9,11-15H2,(H,23,24);1H/b21-19+;/t17-;/m1./s1. The SMILES string of the molecule is Cl.O=C(O)[C@@H]1CCCN(CCO/N=C2\CCCC=C2c2ccccc2)C1. The van der Waals surface area contributed by atoms with E-state index < -0.39 is 5.97 Å². The van der Waals surface area contributed by atoms with E-state index in [9.17, 15) is 4.79 Å². The van der Waals surface area contributed by atoms with Crippen LogP contribution in [0.3, 0.4) is 0 Å². The number of nitrogens with zero attached hydrogens (tertiary/aromatic N) is 2. The van der Waals surface area contributed by atoms with Gasteiger partial charge in [0.2, 0.25) is 0 Å². The molecule has 1 saturated heterocycles. The molecule has 0 aromatic heterocycles. The van der Waals surface area contributed by atoms with Gasteiger partial charge >= 0.3 is 5.97 Å². The van der Waals surface area contributed by atoms with Gasteiger partial charge in [-0.05, 0) is 44.2 Å². The number of halogens is 1. The molecule has 1 heterocycles. The lowest BCUT2D eigenvalue weighted by Gasteiger charge is -2.30. The molecular formula is C20H27ClN2O3. The van der Waals surface area contributed by atoms with E-state index in [2.05, 4.69) is 28.3 Å². The van der Waals surface area contributed by atoms with Crippen LogP contribution in [0.25, 0.3) is 5.57 Å². The van der Waals surface area contributed by atoms with Crippen LogP contribution in [0.4, 0.5) is 0 Å². The van der Waals surface area contributed by atoms with Gasteiger partial charge < -0.3 is 9.94 Å². The molecule has 0 unspecified atom stereocenters. The Kier molecular flexibility index (Phi) is 8.13. The van der Waals surface area contributed by atoms with Gasteiger partial charge in [0.15, 0.2) is 0 Å². The fourth-order valence-electron chi connectivity index (χ4n) is 3.52. The topological polar surface area (TPSA) is 62.1 Å². The number of aliphatic carboxylic acids is 1. The van der Waals surface area contributed by atoms with Gasteiger partial charge in [0.05, 0.1) is 11.6 Å². The molecule has 1 aromatic rings. The summed E-state index contributed by atoms with van der Waals surface area (Å²) in [4.78, 5) is 18.9.